The van der Waals surface area contributed by atoms with Crippen LogP contribution in [0.1, 0.15) is 25.3 Å². The van der Waals surface area contributed by atoms with Gasteiger partial charge in [0, 0.05) is 18.0 Å². The zero-order chi connectivity index (χ0) is 14.0. The van der Waals surface area contributed by atoms with E-state index in [1.54, 1.807) is 0 Å². The quantitative estimate of drug-likeness (QED) is 0.653. The Labute approximate surface area is 111 Å². The van der Waals surface area contributed by atoms with Gasteiger partial charge in [-0.2, -0.15) is 0 Å². The van der Waals surface area contributed by atoms with Crippen molar-refractivity contribution in [2.45, 2.75) is 26.3 Å². The van der Waals surface area contributed by atoms with Gasteiger partial charge in [0.25, 0.3) is 0 Å². The maximum absolute atomic E-state index is 13.1. The zero-order valence-electron chi connectivity index (χ0n) is 11.0. The summed E-state index contributed by atoms with van der Waals surface area (Å²) in [7, 11) is 0. The molecular formula is C14H19F2N3. The van der Waals surface area contributed by atoms with E-state index in [4.69, 9.17) is 11.1 Å². The molecule has 0 radical (unpaired) electrons. The van der Waals surface area contributed by atoms with Gasteiger partial charge in [0.05, 0.1) is 5.84 Å². The third kappa shape index (κ3) is 3.29. The van der Waals surface area contributed by atoms with Gasteiger partial charge < -0.3 is 5.73 Å². The largest absolute Gasteiger partial charge is 0.387 e. The highest BCUT2D eigenvalue weighted by atomic mass is 19.1. The molecule has 3 nitrogen and oxygen atoms in total. The van der Waals surface area contributed by atoms with Crippen LogP contribution in [-0.4, -0.2) is 23.8 Å². The van der Waals surface area contributed by atoms with E-state index in [0.717, 1.165) is 32.0 Å². The van der Waals surface area contributed by atoms with Gasteiger partial charge >= 0.3 is 0 Å². The van der Waals surface area contributed by atoms with Crippen molar-refractivity contribution in [1.82, 2.24) is 4.90 Å². The predicted octanol–water partition coefficient (Wildman–Crippen LogP) is 2.50. The van der Waals surface area contributed by atoms with Crippen LogP contribution in [0.4, 0.5) is 8.78 Å². The summed E-state index contributed by atoms with van der Waals surface area (Å²) in [5.41, 5.74) is 6.01. The predicted molar refractivity (Wildman–Crippen MR) is 70.9 cm³/mol. The summed E-state index contributed by atoms with van der Waals surface area (Å²) in [6.07, 6.45) is 1.61. The number of rotatable bonds is 3. The molecule has 1 aromatic carbocycles. The Morgan fingerprint density at radius 1 is 1.26 bits per heavy atom. The van der Waals surface area contributed by atoms with E-state index in [1.807, 2.05) is 6.92 Å². The van der Waals surface area contributed by atoms with E-state index in [0.29, 0.717) is 12.1 Å². The minimum atomic E-state index is -0.541. The van der Waals surface area contributed by atoms with Gasteiger partial charge in [-0.25, -0.2) is 8.78 Å². The van der Waals surface area contributed by atoms with E-state index in [9.17, 15) is 8.78 Å². The molecule has 1 saturated heterocycles. The number of nitrogens with two attached hydrogens (primary N) is 1. The second-order valence-corrected chi connectivity index (χ2v) is 5.53. The Bertz CT molecular complexity index is 459. The molecule has 1 aliphatic rings. The summed E-state index contributed by atoms with van der Waals surface area (Å²) >= 11 is 0. The van der Waals surface area contributed by atoms with Crippen LogP contribution < -0.4 is 5.73 Å². The molecule has 5 heteroatoms. The Morgan fingerprint density at radius 3 is 2.26 bits per heavy atom. The van der Waals surface area contributed by atoms with Crippen molar-refractivity contribution >= 4 is 5.84 Å². The molecule has 0 bridgehead atoms. The Kier molecular flexibility index (Phi) is 3.85. The molecule has 104 valence electrons. The molecular weight excluding hydrogens is 248 g/mol. The third-order valence-corrected chi connectivity index (χ3v) is 3.94. The second kappa shape index (κ2) is 5.25. The first kappa shape index (κ1) is 13.9. The fraction of sp³-hybridized carbons (Fsp3) is 0.500. The lowest BCUT2D eigenvalue weighted by Crippen LogP contribution is -2.44. The van der Waals surface area contributed by atoms with Crippen molar-refractivity contribution < 1.29 is 8.78 Å². The lowest BCUT2D eigenvalue weighted by Gasteiger charge is -2.38. The Balaban J connectivity index is 1.97. The molecule has 0 saturated carbocycles. The highest BCUT2D eigenvalue weighted by molar-refractivity contribution is 5.83. The molecule has 1 aliphatic heterocycles. The average molecular weight is 267 g/mol. The average Bonchev–Trinajstić information content (AvgIpc) is 2.31. The molecule has 2 rings (SSSR count). The van der Waals surface area contributed by atoms with Gasteiger partial charge in [-0.3, -0.25) is 10.3 Å². The van der Waals surface area contributed by atoms with Crippen LogP contribution in [0.5, 0.6) is 0 Å². The molecule has 19 heavy (non-hydrogen) atoms. The number of hydrogen-bond acceptors (Lipinski definition) is 2. The second-order valence-electron chi connectivity index (χ2n) is 5.53. The highest BCUT2D eigenvalue weighted by Crippen LogP contribution is 2.31. The van der Waals surface area contributed by atoms with Crippen LogP contribution in [0, 0.1) is 22.5 Å². The summed E-state index contributed by atoms with van der Waals surface area (Å²) in [4.78, 5) is 2.14. The summed E-state index contributed by atoms with van der Waals surface area (Å²) in [6.45, 7) is 4.10. The Morgan fingerprint density at radius 2 is 1.79 bits per heavy atom. The molecule has 1 aromatic rings. The van der Waals surface area contributed by atoms with Gasteiger partial charge in [-0.1, -0.05) is 6.92 Å². The van der Waals surface area contributed by atoms with Gasteiger partial charge in [0.15, 0.2) is 0 Å². The normalized spacial score (nSPS) is 19.3. The van der Waals surface area contributed by atoms with E-state index >= 15 is 0 Å². The van der Waals surface area contributed by atoms with Gasteiger partial charge in [0.2, 0.25) is 0 Å². The molecule has 1 fully saturated rings. The summed E-state index contributed by atoms with van der Waals surface area (Å²) in [6, 6.07) is 3.61. The first-order valence-corrected chi connectivity index (χ1v) is 6.41. The standard InChI is InChI=1S/C14H19F2N3/c1-14(13(17)18)2-4-19(5-3-14)9-10-6-11(15)8-12(16)7-10/h6-8H,2-5,9H2,1H3,(H3,17,18). The fourth-order valence-corrected chi connectivity index (χ4v) is 2.43. The monoisotopic (exact) mass is 267 g/mol. The van der Waals surface area contributed by atoms with Gasteiger partial charge in [0.1, 0.15) is 11.6 Å². The number of benzene rings is 1. The number of nitrogens with zero attached hydrogens (tertiary/aromatic N) is 1. The molecule has 1 heterocycles. The maximum Gasteiger partial charge on any atom is 0.126 e. The smallest absolute Gasteiger partial charge is 0.126 e. The summed E-state index contributed by atoms with van der Waals surface area (Å²) in [5.74, 6) is -0.856. The molecule has 0 amide bonds. The minimum Gasteiger partial charge on any atom is -0.387 e. The topological polar surface area (TPSA) is 53.1 Å². The lowest BCUT2D eigenvalue weighted by molar-refractivity contribution is 0.155. The highest BCUT2D eigenvalue weighted by Gasteiger charge is 2.32. The number of halogens is 2. The first-order valence-electron chi connectivity index (χ1n) is 6.41. The van der Waals surface area contributed by atoms with Crippen LogP contribution in [0.2, 0.25) is 0 Å². The van der Waals surface area contributed by atoms with Crippen molar-refractivity contribution in [2.24, 2.45) is 11.1 Å². The van der Waals surface area contributed by atoms with Crippen LogP contribution in [0.3, 0.4) is 0 Å². The lowest BCUT2D eigenvalue weighted by atomic mass is 9.79. The molecule has 0 aromatic heterocycles. The van der Waals surface area contributed by atoms with Crippen LogP contribution in [-0.2, 0) is 6.54 Å². The van der Waals surface area contributed by atoms with Crippen molar-refractivity contribution in [2.75, 3.05) is 13.1 Å². The molecule has 0 aliphatic carbocycles. The van der Waals surface area contributed by atoms with Crippen LogP contribution in [0.25, 0.3) is 0 Å². The number of nitrogens with one attached hydrogen (secondary N) is 1. The van der Waals surface area contributed by atoms with Crippen LogP contribution >= 0.6 is 0 Å². The third-order valence-electron chi connectivity index (χ3n) is 3.94. The maximum atomic E-state index is 13.1. The molecule has 3 N–H and O–H groups in total. The van der Waals surface area contributed by atoms with Crippen molar-refractivity contribution in [1.29, 1.82) is 5.41 Å². The number of hydrogen-bond donors (Lipinski definition) is 2. The van der Waals surface area contributed by atoms with E-state index in [2.05, 4.69) is 4.90 Å². The van der Waals surface area contributed by atoms with Gasteiger partial charge in [-0.15, -0.1) is 0 Å². The summed E-state index contributed by atoms with van der Waals surface area (Å²) < 4.78 is 26.2. The van der Waals surface area contributed by atoms with Gasteiger partial charge in [-0.05, 0) is 43.6 Å². The van der Waals surface area contributed by atoms with Crippen molar-refractivity contribution in [3.8, 4) is 0 Å². The van der Waals surface area contributed by atoms with E-state index < -0.39 is 11.6 Å². The van der Waals surface area contributed by atoms with Crippen molar-refractivity contribution in [3.05, 3.63) is 35.4 Å². The van der Waals surface area contributed by atoms with E-state index in [1.165, 1.54) is 12.1 Å². The first-order chi connectivity index (χ1) is 8.89. The Hall–Kier alpha value is -1.49. The SMILES string of the molecule is CC1(C(=N)N)CCN(Cc2cc(F)cc(F)c2)CC1. The van der Waals surface area contributed by atoms with Crippen LogP contribution in [0.15, 0.2) is 18.2 Å². The molecule has 0 unspecified atom stereocenters. The summed E-state index contributed by atoms with van der Waals surface area (Å²) in [5, 5.41) is 7.59. The minimum absolute atomic E-state index is 0.226. The number of piperidine rings is 1. The number of amidine groups is 1. The van der Waals surface area contributed by atoms with E-state index in [-0.39, 0.29) is 11.3 Å². The zero-order valence-corrected chi connectivity index (χ0v) is 11.0. The van der Waals surface area contributed by atoms with Crippen molar-refractivity contribution in [3.63, 3.8) is 0 Å². The molecule has 0 spiro atoms. The molecule has 0 atom stereocenters. The fourth-order valence-electron chi connectivity index (χ4n) is 2.43. The number of likely N-dealkylation sites (tertiary alicyclic amines) is 1.